The van der Waals surface area contributed by atoms with E-state index in [9.17, 15) is 43.2 Å². The van der Waals surface area contributed by atoms with E-state index < -0.39 is 42.8 Å². The normalized spacial score (nSPS) is 15.2. The average Bonchev–Trinajstić information content (AvgIpc) is 3.15. The summed E-state index contributed by atoms with van der Waals surface area (Å²) in [6.07, 6.45) is 4.81. The van der Waals surface area contributed by atoms with Crippen LogP contribution in [0, 0.1) is 6.92 Å². The third kappa shape index (κ3) is 8.44. The molecule has 1 aliphatic rings. The second-order valence-corrected chi connectivity index (χ2v) is 14.6. The molecule has 3 aromatic carbocycles. The van der Waals surface area contributed by atoms with Crippen molar-refractivity contribution in [3.63, 3.8) is 0 Å². The number of ether oxygens (including phenoxy) is 1. The zero-order chi connectivity index (χ0) is 35.6. The van der Waals surface area contributed by atoms with Crippen molar-refractivity contribution in [3.05, 3.63) is 77.9 Å². The molecule has 0 spiro atoms. The van der Waals surface area contributed by atoms with E-state index in [4.69, 9.17) is 4.74 Å². The van der Waals surface area contributed by atoms with Gasteiger partial charge in [-0.3, -0.25) is 4.90 Å². The minimum atomic E-state index is -5.95. The van der Waals surface area contributed by atoms with E-state index in [1.807, 2.05) is 12.1 Å². The summed E-state index contributed by atoms with van der Waals surface area (Å²) in [6.45, 7) is 5.24. The number of halogens is 6. The fourth-order valence-electron chi connectivity index (χ4n) is 5.63. The monoisotopic (exact) mass is 734 g/mol. The summed E-state index contributed by atoms with van der Waals surface area (Å²) in [5.41, 5.74) is -8.70. The lowest BCUT2D eigenvalue weighted by molar-refractivity contribution is -0.0504. The molecular weight excluding hydrogens is 702 g/mol. The van der Waals surface area contributed by atoms with Crippen LogP contribution in [0.1, 0.15) is 36.8 Å². The molecule has 0 radical (unpaired) electrons. The Bertz CT molecular complexity index is 1990. The van der Waals surface area contributed by atoms with Crippen LogP contribution in [0.2, 0.25) is 0 Å². The van der Waals surface area contributed by atoms with Gasteiger partial charge >= 0.3 is 31.3 Å². The molecule has 17 heteroatoms. The van der Waals surface area contributed by atoms with E-state index in [1.165, 1.54) is 43.9 Å². The van der Waals surface area contributed by atoms with Crippen molar-refractivity contribution in [2.75, 3.05) is 26.2 Å². The minimum Gasteiger partial charge on any atom is -0.492 e. The number of benzene rings is 3. The Kier molecular flexibility index (Phi) is 10.5. The molecule has 0 bridgehead atoms. The number of rotatable bonds is 11. The lowest BCUT2D eigenvalue weighted by atomic mass is 10.1. The predicted octanol–water partition coefficient (Wildman–Crippen LogP) is 7.38. The largest absolute Gasteiger partial charge is 0.534 e. The zero-order valence-electron chi connectivity index (χ0n) is 26.1. The number of alkyl halides is 6. The molecule has 4 aromatic rings. The molecule has 0 aliphatic carbocycles. The van der Waals surface area contributed by atoms with E-state index in [0.29, 0.717) is 40.1 Å². The first kappa shape index (κ1) is 36.3. The molecule has 9 nitrogen and oxygen atoms in total. The van der Waals surface area contributed by atoms with Gasteiger partial charge in [0.15, 0.2) is 0 Å². The van der Waals surface area contributed by atoms with Gasteiger partial charge < -0.3 is 17.7 Å². The predicted molar refractivity (Wildman–Crippen MR) is 169 cm³/mol. The summed E-state index contributed by atoms with van der Waals surface area (Å²) in [4.78, 5) is 2.38. The van der Waals surface area contributed by atoms with Crippen LogP contribution in [0.25, 0.3) is 22.2 Å². The number of hydrogen-bond acceptors (Lipinski definition) is 8. The molecule has 0 N–H and O–H groups in total. The van der Waals surface area contributed by atoms with Gasteiger partial charge in [0.1, 0.15) is 23.9 Å². The maximum absolute atomic E-state index is 13.0. The Hall–Kier alpha value is -3.96. The first-order valence-electron chi connectivity index (χ1n) is 15.1. The highest BCUT2D eigenvalue weighted by molar-refractivity contribution is 7.88. The molecule has 0 amide bonds. The van der Waals surface area contributed by atoms with Crippen molar-refractivity contribution in [3.8, 4) is 28.5 Å². The summed E-state index contributed by atoms with van der Waals surface area (Å²) in [5.74, 6) is -0.523. The van der Waals surface area contributed by atoms with Gasteiger partial charge in [-0.1, -0.05) is 25.0 Å². The first-order valence-corrected chi connectivity index (χ1v) is 18.0. The highest BCUT2D eigenvalue weighted by Crippen LogP contribution is 2.38. The van der Waals surface area contributed by atoms with Crippen molar-refractivity contribution in [2.45, 2.75) is 50.2 Å². The Morgan fingerprint density at radius 1 is 0.694 bits per heavy atom. The van der Waals surface area contributed by atoms with Crippen LogP contribution in [-0.2, 0) is 26.8 Å². The molecule has 1 aromatic heterocycles. The summed E-state index contributed by atoms with van der Waals surface area (Å²) >= 11 is 0. The molecule has 2 heterocycles. The highest BCUT2D eigenvalue weighted by Gasteiger charge is 2.49. The number of aryl methyl sites for hydroxylation is 1. The summed E-state index contributed by atoms with van der Waals surface area (Å²) in [5, 5.41) is 0.332. The molecule has 1 saturated heterocycles. The molecule has 1 aliphatic heterocycles. The second-order valence-electron chi connectivity index (χ2n) is 11.5. The Balaban J connectivity index is 1.45. The molecule has 266 valence electrons. The van der Waals surface area contributed by atoms with Crippen molar-refractivity contribution in [1.82, 2.24) is 9.47 Å². The van der Waals surface area contributed by atoms with Gasteiger partial charge in [-0.15, -0.1) is 0 Å². The lowest BCUT2D eigenvalue weighted by Gasteiger charge is -2.19. The summed E-state index contributed by atoms with van der Waals surface area (Å²) in [7, 11) is -11.9. The van der Waals surface area contributed by atoms with Gasteiger partial charge in [0, 0.05) is 24.0 Å². The van der Waals surface area contributed by atoms with Crippen LogP contribution in [0.4, 0.5) is 26.3 Å². The van der Waals surface area contributed by atoms with Crippen molar-refractivity contribution in [1.29, 1.82) is 0 Å². The van der Waals surface area contributed by atoms with Crippen LogP contribution < -0.4 is 13.1 Å². The summed E-state index contributed by atoms with van der Waals surface area (Å²) in [6, 6.07) is 15.6. The molecule has 49 heavy (non-hydrogen) atoms. The van der Waals surface area contributed by atoms with Crippen LogP contribution in [0.5, 0.6) is 17.2 Å². The summed E-state index contributed by atoms with van der Waals surface area (Å²) < 4.78 is 140. The first-order chi connectivity index (χ1) is 22.9. The van der Waals surface area contributed by atoms with E-state index >= 15 is 0 Å². The smallest absolute Gasteiger partial charge is 0.492 e. The molecule has 0 atom stereocenters. The fraction of sp³-hybridized carbons (Fsp3) is 0.375. The average molecular weight is 735 g/mol. The molecule has 0 saturated carbocycles. The van der Waals surface area contributed by atoms with Gasteiger partial charge in [0.05, 0.1) is 5.69 Å². The van der Waals surface area contributed by atoms with E-state index in [2.05, 4.69) is 13.3 Å². The van der Waals surface area contributed by atoms with Crippen LogP contribution >= 0.6 is 0 Å². The third-order valence-electron chi connectivity index (χ3n) is 8.03. The minimum absolute atomic E-state index is 0.204. The van der Waals surface area contributed by atoms with E-state index in [0.717, 1.165) is 49.5 Å². The van der Waals surface area contributed by atoms with E-state index in [-0.39, 0.29) is 6.54 Å². The topological polar surface area (TPSA) is 104 Å². The van der Waals surface area contributed by atoms with Gasteiger partial charge in [0.25, 0.3) is 0 Å². The zero-order valence-corrected chi connectivity index (χ0v) is 27.7. The number of fused-ring (bicyclic) bond motifs is 1. The van der Waals surface area contributed by atoms with Gasteiger partial charge in [-0.2, -0.15) is 43.2 Å². The molecule has 1 fully saturated rings. The Morgan fingerprint density at radius 2 is 1.22 bits per heavy atom. The quantitative estimate of drug-likeness (QED) is 0.0894. The van der Waals surface area contributed by atoms with Gasteiger partial charge in [0.2, 0.25) is 0 Å². The van der Waals surface area contributed by atoms with Crippen LogP contribution in [-0.4, -0.2) is 63.6 Å². The third-order valence-corrected chi connectivity index (χ3v) is 9.99. The lowest BCUT2D eigenvalue weighted by Crippen LogP contribution is -2.29. The van der Waals surface area contributed by atoms with Crippen LogP contribution in [0.3, 0.4) is 0 Å². The fourth-order valence-corrected chi connectivity index (χ4v) is 6.54. The highest BCUT2D eigenvalue weighted by atomic mass is 32.2. The van der Waals surface area contributed by atoms with Crippen molar-refractivity contribution >= 4 is 31.1 Å². The number of aromatic nitrogens is 1. The molecular formula is C32H32F6N2O7S2. The SMILES string of the molecule is Cc1c(-c2ccc(OS(=O)(=O)C(F)(F)F)cc2)n(Cc2ccc(OCCN3CCCCCC3)cc2)c2ccc(OS(=O)(=O)C(F)(F)F)cc12. The molecule has 5 rings (SSSR count). The standard InChI is InChI=1S/C32H32F6N2O7S2/c1-22-28-20-27(47-49(43,44)32(36,37)38)14-15-29(28)40(30(22)24-8-12-26(13-9-24)46-48(41,42)31(33,34)35)21-23-6-10-25(11-7-23)45-19-18-39-16-4-2-3-5-17-39/h6-15,20H,2-5,16-19,21H2,1H3. The van der Waals surface area contributed by atoms with Crippen molar-refractivity contribution < 1.29 is 56.3 Å². The Labute approximate surface area is 279 Å². The van der Waals surface area contributed by atoms with E-state index in [1.54, 1.807) is 23.6 Å². The Morgan fingerprint density at radius 3 is 1.80 bits per heavy atom. The van der Waals surface area contributed by atoms with Gasteiger partial charge in [-0.25, -0.2) is 0 Å². The number of hydrogen-bond donors (Lipinski definition) is 0. The maximum atomic E-state index is 13.0. The number of likely N-dealkylation sites (tertiary alicyclic amines) is 1. The molecule has 0 unspecified atom stereocenters. The second kappa shape index (κ2) is 14.1. The maximum Gasteiger partial charge on any atom is 0.534 e. The van der Waals surface area contributed by atoms with Gasteiger partial charge in [-0.05, 0) is 104 Å². The van der Waals surface area contributed by atoms with Crippen LogP contribution in [0.15, 0.2) is 66.7 Å². The van der Waals surface area contributed by atoms with Crippen molar-refractivity contribution in [2.24, 2.45) is 0 Å². The number of nitrogens with zero attached hydrogens (tertiary/aromatic N) is 2.